The van der Waals surface area contributed by atoms with Gasteiger partial charge in [-0.05, 0) is 30.0 Å². The van der Waals surface area contributed by atoms with Crippen LogP contribution in [0.3, 0.4) is 0 Å². The number of benzene rings is 2. The lowest BCUT2D eigenvalue weighted by Crippen LogP contribution is -2.34. The average molecular weight is 283 g/mol. The topological polar surface area (TPSA) is 38.9 Å². The monoisotopic (exact) mass is 282 g/mol. The number of hydrogen-bond donors (Lipinski definition) is 1. The van der Waals surface area contributed by atoms with Gasteiger partial charge in [0, 0.05) is 28.4 Å². The van der Waals surface area contributed by atoms with Gasteiger partial charge in [0.05, 0.1) is 5.54 Å². The third-order valence-corrected chi connectivity index (χ3v) is 3.92. The molecular weight excluding hydrogens is 268 g/mol. The maximum absolute atomic E-state index is 6.59. The summed E-state index contributed by atoms with van der Waals surface area (Å²) in [6.45, 7) is 2.00. The zero-order valence-corrected chi connectivity index (χ0v) is 11.9. The van der Waals surface area contributed by atoms with Crippen LogP contribution >= 0.6 is 11.6 Å². The second-order valence-corrected chi connectivity index (χ2v) is 5.55. The van der Waals surface area contributed by atoms with Gasteiger partial charge in [0.1, 0.15) is 0 Å². The van der Waals surface area contributed by atoms with Crippen molar-refractivity contribution in [1.29, 1.82) is 0 Å². The van der Waals surface area contributed by atoms with Gasteiger partial charge in [0.2, 0.25) is 0 Å². The van der Waals surface area contributed by atoms with E-state index in [9.17, 15) is 0 Å². The fourth-order valence-electron chi connectivity index (χ4n) is 2.48. The molecule has 0 amide bonds. The summed E-state index contributed by atoms with van der Waals surface area (Å²) in [5.41, 5.74) is 8.01. The Kier molecular flexibility index (Phi) is 3.20. The Morgan fingerprint density at radius 3 is 2.45 bits per heavy atom. The summed E-state index contributed by atoms with van der Waals surface area (Å²) in [5.74, 6) is 0. The molecule has 0 aliphatic heterocycles. The van der Waals surface area contributed by atoms with Gasteiger partial charge in [-0.25, -0.2) is 0 Å². The Morgan fingerprint density at radius 1 is 1.00 bits per heavy atom. The highest BCUT2D eigenvalue weighted by molar-refractivity contribution is 6.30. The molecule has 1 aromatic heterocycles. The number of nitrogens with two attached hydrogens (primary N) is 1. The Labute approximate surface area is 123 Å². The first-order chi connectivity index (χ1) is 9.59. The van der Waals surface area contributed by atoms with Crippen molar-refractivity contribution in [3.05, 3.63) is 77.1 Å². The summed E-state index contributed by atoms with van der Waals surface area (Å²) < 4.78 is 0. The van der Waals surface area contributed by atoms with E-state index in [0.717, 1.165) is 21.9 Å². The third kappa shape index (κ3) is 2.17. The summed E-state index contributed by atoms with van der Waals surface area (Å²) in [6.07, 6.45) is 3.70. The van der Waals surface area contributed by atoms with Gasteiger partial charge in [0.25, 0.3) is 0 Å². The van der Waals surface area contributed by atoms with Crippen LogP contribution in [0.25, 0.3) is 10.8 Å². The normalized spacial score (nSPS) is 14.2. The molecule has 2 N–H and O–H groups in total. The number of nitrogens with zero attached hydrogens (tertiary/aromatic N) is 1. The lowest BCUT2D eigenvalue weighted by Gasteiger charge is -2.27. The van der Waals surface area contributed by atoms with Crippen LogP contribution in [0.5, 0.6) is 0 Å². The van der Waals surface area contributed by atoms with Gasteiger partial charge in [0.15, 0.2) is 0 Å². The van der Waals surface area contributed by atoms with Crippen molar-refractivity contribution in [3.63, 3.8) is 0 Å². The Morgan fingerprint density at radius 2 is 1.70 bits per heavy atom. The smallest absolute Gasteiger partial charge is 0.0658 e. The summed E-state index contributed by atoms with van der Waals surface area (Å²) in [4.78, 5) is 4.32. The Balaban J connectivity index is 2.20. The molecule has 20 heavy (non-hydrogen) atoms. The molecule has 0 saturated heterocycles. The number of fused-ring (bicyclic) bond motifs is 1. The van der Waals surface area contributed by atoms with E-state index in [2.05, 4.69) is 11.1 Å². The van der Waals surface area contributed by atoms with Crippen molar-refractivity contribution in [3.8, 4) is 0 Å². The van der Waals surface area contributed by atoms with Crippen LogP contribution in [0.2, 0.25) is 5.02 Å². The first-order valence-corrected chi connectivity index (χ1v) is 6.85. The molecule has 3 aromatic rings. The lowest BCUT2D eigenvalue weighted by atomic mass is 9.84. The lowest BCUT2D eigenvalue weighted by molar-refractivity contribution is 0.606. The highest BCUT2D eigenvalue weighted by Crippen LogP contribution is 2.31. The van der Waals surface area contributed by atoms with E-state index in [0.29, 0.717) is 5.02 Å². The summed E-state index contributed by atoms with van der Waals surface area (Å²) >= 11 is 5.95. The van der Waals surface area contributed by atoms with E-state index in [-0.39, 0.29) is 0 Å². The zero-order chi connectivity index (χ0) is 14.2. The van der Waals surface area contributed by atoms with Crippen LogP contribution in [0.1, 0.15) is 18.1 Å². The molecule has 0 saturated carbocycles. The SMILES string of the molecule is CC(N)(c1ccc(Cl)cc1)c1cncc2ccccc12. The second-order valence-electron chi connectivity index (χ2n) is 5.12. The highest BCUT2D eigenvalue weighted by atomic mass is 35.5. The number of halogens is 1. The largest absolute Gasteiger partial charge is 0.318 e. The molecule has 0 spiro atoms. The highest BCUT2D eigenvalue weighted by Gasteiger charge is 2.25. The standard InChI is InChI=1S/C17H15ClN2/c1-17(19,13-6-8-14(18)9-7-13)16-11-20-10-12-4-2-3-5-15(12)16/h2-11H,19H2,1H3. The maximum atomic E-state index is 6.59. The predicted molar refractivity (Wildman–Crippen MR) is 83.8 cm³/mol. The number of hydrogen-bond acceptors (Lipinski definition) is 2. The fourth-order valence-corrected chi connectivity index (χ4v) is 2.61. The van der Waals surface area contributed by atoms with Crippen molar-refractivity contribution in [1.82, 2.24) is 4.98 Å². The maximum Gasteiger partial charge on any atom is 0.0658 e. The van der Waals surface area contributed by atoms with E-state index >= 15 is 0 Å². The van der Waals surface area contributed by atoms with Gasteiger partial charge in [-0.15, -0.1) is 0 Å². The van der Waals surface area contributed by atoms with E-state index in [1.54, 1.807) is 0 Å². The van der Waals surface area contributed by atoms with Crippen molar-refractivity contribution < 1.29 is 0 Å². The second kappa shape index (κ2) is 4.89. The zero-order valence-electron chi connectivity index (χ0n) is 11.2. The fraction of sp³-hybridized carbons (Fsp3) is 0.118. The van der Waals surface area contributed by atoms with Crippen molar-refractivity contribution in [2.24, 2.45) is 5.73 Å². The van der Waals surface area contributed by atoms with E-state index in [4.69, 9.17) is 17.3 Å². The molecule has 0 aliphatic rings. The summed E-state index contributed by atoms with van der Waals surface area (Å²) in [7, 11) is 0. The van der Waals surface area contributed by atoms with Crippen molar-refractivity contribution in [2.75, 3.05) is 0 Å². The molecule has 0 aliphatic carbocycles. The van der Waals surface area contributed by atoms with Crippen LogP contribution in [-0.2, 0) is 5.54 Å². The number of pyridine rings is 1. The molecule has 1 heterocycles. The van der Waals surface area contributed by atoms with Gasteiger partial charge in [-0.1, -0.05) is 48.0 Å². The average Bonchev–Trinajstić information content (AvgIpc) is 2.47. The van der Waals surface area contributed by atoms with E-state index in [1.165, 1.54) is 0 Å². The molecular formula is C17H15ClN2. The van der Waals surface area contributed by atoms with Crippen LogP contribution < -0.4 is 5.73 Å². The quantitative estimate of drug-likeness (QED) is 0.768. The Bertz CT molecular complexity index is 743. The number of aromatic nitrogens is 1. The molecule has 100 valence electrons. The van der Waals surface area contributed by atoms with Gasteiger partial charge >= 0.3 is 0 Å². The minimum atomic E-state index is -0.613. The van der Waals surface area contributed by atoms with Crippen LogP contribution in [0, 0.1) is 0 Å². The minimum absolute atomic E-state index is 0.613. The van der Waals surface area contributed by atoms with Crippen molar-refractivity contribution in [2.45, 2.75) is 12.5 Å². The molecule has 1 unspecified atom stereocenters. The first kappa shape index (κ1) is 13.1. The third-order valence-electron chi connectivity index (χ3n) is 3.67. The van der Waals surface area contributed by atoms with E-state index in [1.807, 2.05) is 61.8 Å². The molecule has 2 aromatic carbocycles. The first-order valence-electron chi connectivity index (χ1n) is 6.47. The molecule has 0 bridgehead atoms. The summed E-state index contributed by atoms with van der Waals surface area (Å²) in [6, 6.07) is 15.8. The van der Waals surface area contributed by atoms with Gasteiger partial charge in [-0.2, -0.15) is 0 Å². The molecule has 3 heteroatoms. The van der Waals surface area contributed by atoms with E-state index < -0.39 is 5.54 Å². The minimum Gasteiger partial charge on any atom is -0.318 e. The molecule has 0 fully saturated rings. The predicted octanol–water partition coefficient (Wildman–Crippen LogP) is 4.11. The van der Waals surface area contributed by atoms with Gasteiger partial charge in [-0.3, -0.25) is 4.98 Å². The molecule has 0 radical (unpaired) electrons. The van der Waals surface area contributed by atoms with Crippen molar-refractivity contribution >= 4 is 22.4 Å². The summed E-state index contributed by atoms with van der Waals surface area (Å²) in [5, 5.41) is 2.93. The Hall–Kier alpha value is -1.90. The molecule has 3 rings (SSSR count). The molecule has 1 atom stereocenters. The molecule has 2 nitrogen and oxygen atoms in total. The van der Waals surface area contributed by atoms with Crippen LogP contribution in [-0.4, -0.2) is 4.98 Å². The van der Waals surface area contributed by atoms with Crippen LogP contribution in [0.4, 0.5) is 0 Å². The van der Waals surface area contributed by atoms with Crippen LogP contribution in [0.15, 0.2) is 60.9 Å². The van der Waals surface area contributed by atoms with Gasteiger partial charge < -0.3 is 5.73 Å². The number of rotatable bonds is 2.